The van der Waals surface area contributed by atoms with Crippen LogP contribution in [0, 0.1) is 0 Å². The Morgan fingerprint density at radius 3 is 2.58 bits per heavy atom. The third-order valence-corrected chi connectivity index (χ3v) is 6.15. The van der Waals surface area contributed by atoms with Gasteiger partial charge in [0.05, 0.1) is 23.5 Å². The van der Waals surface area contributed by atoms with Crippen LogP contribution in [-0.2, 0) is 9.53 Å². The summed E-state index contributed by atoms with van der Waals surface area (Å²) in [5, 5.41) is 17.4. The van der Waals surface area contributed by atoms with Crippen LogP contribution >= 0.6 is 0 Å². The molecule has 166 valence electrons. The lowest BCUT2D eigenvalue weighted by molar-refractivity contribution is -0.162. The van der Waals surface area contributed by atoms with Gasteiger partial charge in [0, 0.05) is 25.1 Å². The quantitative estimate of drug-likeness (QED) is 0.704. The summed E-state index contributed by atoms with van der Waals surface area (Å²) in [6.07, 6.45) is 3.27. The first-order valence-corrected chi connectivity index (χ1v) is 10.5. The van der Waals surface area contributed by atoms with E-state index in [-0.39, 0.29) is 18.9 Å². The van der Waals surface area contributed by atoms with Gasteiger partial charge in [-0.25, -0.2) is 4.98 Å². The summed E-state index contributed by atoms with van der Waals surface area (Å²) in [6.45, 7) is 4.36. The molecule has 31 heavy (non-hydrogen) atoms. The molecule has 0 saturated carbocycles. The van der Waals surface area contributed by atoms with Crippen LogP contribution in [-0.4, -0.2) is 59.4 Å². The minimum absolute atomic E-state index is 0.187. The summed E-state index contributed by atoms with van der Waals surface area (Å²) in [6, 6.07) is 12.1. The molecule has 1 aromatic carbocycles. The van der Waals surface area contributed by atoms with Crippen LogP contribution in [0.4, 0.5) is 5.82 Å². The van der Waals surface area contributed by atoms with Crippen LogP contribution in [0.15, 0.2) is 36.4 Å². The Bertz CT molecular complexity index is 924. The summed E-state index contributed by atoms with van der Waals surface area (Å²) < 4.78 is 17.0. The largest absolute Gasteiger partial charge is 0.483 e. The second kappa shape index (κ2) is 8.72. The van der Waals surface area contributed by atoms with Crippen molar-refractivity contribution in [3.8, 4) is 22.8 Å². The molecule has 2 N–H and O–H groups in total. The SMILES string of the molecule is CC1(O)CCOC2(CCN(c3cccc(-c4ccc5c(c4)OCO5)n3)CC2)C1.O=CO. The van der Waals surface area contributed by atoms with Crippen molar-refractivity contribution in [2.24, 2.45) is 0 Å². The first-order chi connectivity index (χ1) is 14.9. The van der Waals surface area contributed by atoms with Crippen molar-refractivity contribution in [2.45, 2.75) is 43.8 Å². The van der Waals surface area contributed by atoms with Crippen molar-refractivity contribution in [2.75, 3.05) is 31.4 Å². The van der Waals surface area contributed by atoms with E-state index in [1.807, 2.05) is 31.2 Å². The average Bonchev–Trinajstić information content (AvgIpc) is 3.22. The van der Waals surface area contributed by atoms with E-state index < -0.39 is 5.60 Å². The molecule has 2 saturated heterocycles. The Balaban J connectivity index is 0.000000730. The molecule has 0 bridgehead atoms. The Morgan fingerprint density at radius 2 is 1.84 bits per heavy atom. The fraction of sp³-hybridized carbons (Fsp3) is 0.478. The van der Waals surface area contributed by atoms with Crippen molar-refractivity contribution in [1.82, 2.24) is 4.98 Å². The van der Waals surface area contributed by atoms with Crippen molar-refractivity contribution in [1.29, 1.82) is 0 Å². The van der Waals surface area contributed by atoms with Crippen LogP contribution in [0.5, 0.6) is 11.5 Å². The molecule has 1 unspecified atom stereocenters. The highest BCUT2D eigenvalue weighted by atomic mass is 16.7. The van der Waals surface area contributed by atoms with Gasteiger partial charge in [0.25, 0.3) is 6.47 Å². The van der Waals surface area contributed by atoms with E-state index in [1.165, 1.54) is 0 Å². The van der Waals surface area contributed by atoms with Crippen molar-refractivity contribution < 1.29 is 29.2 Å². The van der Waals surface area contributed by atoms with Gasteiger partial charge in [-0.1, -0.05) is 6.07 Å². The molecule has 0 amide bonds. The lowest BCUT2D eigenvalue weighted by Crippen LogP contribution is -2.53. The molecular formula is C23H28N2O6. The van der Waals surface area contributed by atoms with Crippen molar-refractivity contribution in [3.05, 3.63) is 36.4 Å². The van der Waals surface area contributed by atoms with Gasteiger partial charge in [-0.15, -0.1) is 0 Å². The standard InChI is InChI=1S/C22H26N2O4.CH2O2/c1-21(25)9-12-28-22(14-21)7-10-24(11-8-22)20-4-2-3-17(23-20)16-5-6-18-19(13-16)27-15-26-18;2-1-3/h2-6,13,25H,7-12,14-15H2,1H3;1H,(H,2,3). The topological polar surface area (TPSA) is 101 Å². The number of aliphatic hydroxyl groups is 1. The Morgan fingerprint density at radius 1 is 1.10 bits per heavy atom. The van der Waals surface area contributed by atoms with Gasteiger partial charge >= 0.3 is 0 Å². The number of pyridine rings is 1. The van der Waals surface area contributed by atoms with Gasteiger partial charge in [-0.2, -0.15) is 0 Å². The van der Waals surface area contributed by atoms with Crippen LogP contribution in [0.25, 0.3) is 11.3 Å². The van der Waals surface area contributed by atoms with Gasteiger partial charge in [-0.05, 0) is 56.5 Å². The Hall–Kier alpha value is -2.84. The lowest BCUT2D eigenvalue weighted by Gasteiger charge is -2.48. The van der Waals surface area contributed by atoms with Gasteiger partial charge in [0.15, 0.2) is 11.5 Å². The zero-order chi connectivity index (χ0) is 21.9. The van der Waals surface area contributed by atoms with E-state index >= 15 is 0 Å². The number of carbonyl (C=O) groups is 1. The van der Waals surface area contributed by atoms with Crippen molar-refractivity contribution >= 4 is 12.3 Å². The molecule has 2 aromatic rings. The third kappa shape index (κ3) is 4.75. The van der Waals surface area contributed by atoms with Gasteiger partial charge in [-0.3, -0.25) is 4.79 Å². The normalized spacial score (nSPS) is 23.7. The Kier molecular flexibility index (Phi) is 6.02. The molecule has 4 heterocycles. The predicted octanol–water partition coefficient (Wildman–Crippen LogP) is 3.08. The summed E-state index contributed by atoms with van der Waals surface area (Å²) >= 11 is 0. The number of ether oxygens (including phenoxy) is 3. The van der Waals surface area contributed by atoms with Gasteiger partial charge in [0.1, 0.15) is 5.82 Å². The molecule has 8 nitrogen and oxygen atoms in total. The van der Waals surface area contributed by atoms with Crippen molar-refractivity contribution in [3.63, 3.8) is 0 Å². The van der Waals surface area contributed by atoms with E-state index in [4.69, 9.17) is 29.1 Å². The number of anilines is 1. The summed E-state index contributed by atoms with van der Waals surface area (Å²) in [7, 11) is 0. The fourth-order valence-corrected chi connectivity index (χ4v) is 4.60. The lowest BCUT2D eigenvalue weighted by atomic mass is 9.78. The summed E-state index contributed by atoms with van der Waals surface area (Å²) in [5.74, 6) is 2.53. The highest BCUT2D eigenvalue weighted by Gasteiger charge is 2.44. The molecule has 3 aliphatic heterocycles. The molecule has 5 rings (SSSR count). The number of rotatable bonds is 2. The molecule has 0 aliphatic carbocycles. The summed E-state index contributed by atoms with van der Waals surface area (Å²) in [5.41, 5.74) is 1.14. The number of benzene rings is 1. The van der Waals surface area contributed by atoms with E-state index in [9.17, 15) is 5.11 Å². The molecule has 1 atom stereocenters. The predicted molar refractivity (Wildman–Crippen MR) is 114 cm³/mol. The number of piperidine rings is 1. The second-order valence-electron chi connectivity index (χ2n) is 8.50. The van der Waals surface area contributed by atoms with Crippen LogP contribution < -0.4 is 14.4 Å². The maximum absolute atomic E-state index is 10.5. The third-order valence-electron chi connectivity index (χ3n) is 6.15. The number of carboxylic acid groups (broad SMARTS) is 1. The number of nitrogens with zero attached hydrogens (tertiary/aromatic N) is 2. The Labute approximate surface area is 181 Å². The van der Waals surface area contributed by atoms with Crippen LogP contribution in [0.1, 0.15) is 32.6 Å². The summed E-state index contributed by atoms with van der Waals surface area (Å²) in [4.78, 5) is 15.6. The molecule has 3 aliphatic rings. The van der Waals surface area contributed by atoms with Crippen LogP contribution in [0.3, 0.4) is 0 Å². The fourth-order valence-electron chi connectivity index (χ4n) is 4.60. The highest BCUT2D eigenvalue weighted by Crippen LogP contribution is 2.40. The number of hydrogen-bond acceptors (Lipinski definition) is 7. The zero-order valence-electron chi connectivity index (χ0n) is 17.6. The van der Waals surface area contributed by atoms with E-state index in [0.717, 1.165) is 67.3 Å². The highest BCUT2D eigenvalue weighted by molar-refractivity contribution is 5.66. The molecule has 2 fully saturated rings. The number of fused-ring (bicyclic) bond motifs is 1. The number of hydrogen-bond donors (Lipinski definition) is 2. The maximum atomic E-state index is 10.5. The average molecular weight is 428 g/mol. The molecule has 1 aromatic heterocycles. The smallest absolute Gasteiger partial charge is 0.290 e. The molecule has 0 radical (unpaired) electrons. The second-order valence-corrected chi connectivity index (χ2v) is 8.50. The molecule has 1 spiro atoms. The van der Waals surface area contributed by atoms with E-state index in [1.54, 1.807) is 0 Å². The van der Waals surface area contributed by atoms with E-state index in [2.05, 4.69) is 17.0 Å². The monoisotopic (exact) mass is 428 g/mol. The maximum Gasteiger partial charge on any atom is 0.290 e. The number of aromatic nitrogens is 1. The molecule has 8 heteroatoms. The minimum atomic E-state index is -0.613. The first-order valence-electron chi connectivity index (χ1n) is 10.5. The van der Waals surface area contributed by atoms with Crippen LogP contribution in [0.2, 0.25) is 0 Å². The zero-order valence-corrected chi connectivity index (χ0v) is 17.6. The first kappa shape index (κ1) is 21.4. The molecular weight excluding hydrogens is 400 g/mol. The van der Waals surface area contributed by atoms with Gasteiger partial charge < -0.3 is 29.3 Å². The van der Waals surface area contributed by atoms with E-state index in [0.29, 0.717) is 6.61 Å². The van der Waals surface area contributed by atoms with Gasteiger partial charge in [0.2, 0.25) is 6.79 Å². The minimum Gasteiger partial charge on any atom is -0.483 e.